The van der Waals surface area contributed by atoms with Crippen LogP contribution in [0, 0.1) is 0 Å². The van der Waals surface area contributed by atoms with Crippen molar-refractivity contribution in [1.29, 1.82) is 0 Å². The molecule has 0 saturated carbocycles. The molecule has 0 radical (unpaired) electrons. The molecule has 0 spiro atoms. The maximum absolute atomic E-state index is 2.57. The first-order chi connectivity index (χ1) is 14.4. The molecular weight excluding hydrogens is 392 g/mol. The van der Waals surface area contributed by atoms with Gasteiger partial charge in [0.15, 0.2) is 0 Å². The maximum atomic E-state index is 2.57. The van der Waals surface area contributed by atoms with Crippen LogP contribution in [0.3, 0.4) is 0 Å². The summed E-state index contributed by atoms with van der Waals surface area (Å²) >= 11 is 0. The zero-order chi connectivity index (χ0) is 20.9. The van der Waals surface area contributed by atoms with E-state index < -0.39 is 16.1 Å². The first-order valence-electron chi connectivity index (χ1n) is 11.1. The highest BCUT2D eigenvalue weighted by Crippen LogP contribution is 2.33. The fraction of sp³-hybridized carbons (Fsp3) is 0.214. The SMILES string of the molecule is C[Si]1(C)Cc2cccc(-c3ccccc3)c2C[Si](C)(C)c2cccc3cccc1c23. The van der Waals surface area contributed by atoms with E-state index in [0.717, 1.165) is 0 Å². The zero-order valence-corrected chi connectivity index (χ0v) is 20.5. The minimum atomic E-state index is -1.71. The van der Waals surface area contributed by atoms with E-state index in [1.165, 1.54) is 28.6 Å². The number of benzene rings is 4. The first kappa shape index (κ1) is 19.5. The van der Waals surface area contributed by atoms with Crippen molar-refractivity contribution >= 4 is 37.3 Å². The molecule has 0 N–H and O–H groups in total. The van der Waals surface area contributed by atoms with Gasteiger partial charge in [0.2, 0.25) is 0 Å². The lowest BCUT2D eigenvalue weighted by Crippen LogP contribution is -2.49. The van der Waals surface area contributed by atoms with Crippen LogP contribution in [0.15, 0.2) is 84.9 Å². The minimum absolute atomic E-state index is 1.20. The molecule has 150 valence electrons. The average Bonchev–Trinajstić information content (AvgIpc) is 2.76. The lowest BCUT2D eigenvalue weighted by Gasteiger charge is -2.28. The molecular formula is C28H30Si2. The zero-order valence-electron chi connectivity index (χ0n) is 18.5. The lowest BCUT2D eigenvalue weighted by atomic mass is 9.97. The summed E-state index contributed by atoms with van der Waals surface area (Å²) in [6.45, 7) is 10.3. The van der Waals surface area contributed by atoms with Crippen molar-refractivity contribution in [3.63, 3.8) is 0 Å². The third kappa shape index (κ3) is 3.19. The molecule has 0 atom stereocenters. The van der Waals surface area contributed by atoms with E-state index in [9.17, 15) is 0 Å². The van der Waals surface area contributed by atoms with Gasteiger partial charge in [0.05, 0.1) is 16.1 Å². The second-order valence-electron chi connectivity index (χ2n) is 10.1. The Morgan fingerprint density at radius 1 is 0.567 bits per heavy atom. The van der Waals surface area contributed by atoms with Crippen molar-refractivity contribution in [2.45, 2.75) is 38.3 Å². The molecule has 0 unspecified atom stereocenters. The largest absolute Gasteiger partial charge is 0.0857 e. The predicted octanol–water partition coefficient (Wildman–Crippen LogP) is 6.21. The van der Waals surface area contributed by atoms with Gasteiger partial charge in [-0.05, 0) is 45.1 Å². The van der Waals surface area contributed by atoms with Crippen LogP contribution in [-0.4, -0.2) is 16.1 Å². The smallest absolute Gasteiger partial charge is 0.0652 e. The Kier molecular flexibility index (Phi) is 4.60. The molecule has 2 heteroatoms. The van der Waals surface area contributed by atoms with Crippen LogP contribution in [-0.2, 0) is 12.1 Å². The lowest BCUT2D eigenvalue weighted by molar-refractivity contribution is 1.21. The third-order valence-electron chi connectivity index (χ3n) is 6.97. The minimum Gasteiger partial charge on any atom is -0.0652 e. The topological polar surface area (TPSA) is 0 Å². The van der Waals surface area contributed by atoms with Crippen LogP contribution in [0.25, 0.3) is 21.9 Å². The molecule has 0 nitrogen and oxygen atoms in total. The Morgan fingerprint density at radius 2 is 1.17 bits per heavy atom. The van der Waals surface area contributed by atoms with Crippen LogP contribution in [0.1, 0.15) is 11.1 Å². The fourth-order valence-corrected chi connectivity index (χ4v) is 11.6. The van der Waals surface area contributed by atoms with Gasteiger partial charge in [-0.1, -0.05) is 121 Å². The van der Waals surface area contributed by atoms with Crippen LogP contribution in [0.2, 0.25) is 26.2 Å². The molecule has 0 fully saturated rings. The molecule has 4 aromatic rings. The molecule has 0 aliphatic carbocycles. The molecule has 30 heavy (non-hydrogen) atoms. The van der Waals surface area contributed by atoms with Gasteiger partial charge >= 0.3 is 0 Å². The van der Waals surface area contributed by atoms with Crippen LogP contribution in [0.4, 0.5) is 0 Å². The molecule has 1 aliphatic rings. The number of fused-ring (bicyclic) bond motifs is 1. The van der Waals surface area contributed by atoms with Gasteiger partial charge in [0.1, 0.15) is 0 Å². The third-order valence-corrected chi connectivity index (χ3v) is 13.2. The summed E-state index contributed by atoms with van der Waals surface area (Å²) in [5, 5.41) is 6.31. The Morgan fingerprint density at radius 3 is 1.83 bits per heavy atom. The molecule has 0 saturated heterocycles. The molecule has 4 aromatic carbocycles. The van der Waals surface area contributed by atoms with E-state index in [0.29, 0.717) is 0 Å². The van der Waals surface area contributed by atoms with Crippen molar-refractivity contribution in [2.24, 2.45) is 0 Å². The standard InChI is InChI=1S/C28H30Si2/c1-29(2)19-23-15-8-16-24(21-11-6-5-7-12-21)25(23)20-30(3,4)27-18-10-14-22-13-9-17-26(29)28(22)27/h5-18H,19-20H2,1-4H3. The van der Waals surface area contributed by atoms with Crippen molar-refractivity contribution in [3.05, 3.63) is 96.1 Å². The van der Waals surface area contributed by atoms with Crippen molar-refractivity contribution < 1.29 is 0 Å². The number of hydrogen-bond acceptors (Lipinski definition) is 0. The summed E-state index contributed by atoms with van der Waals surface area (Å²) in [7, 11) is -3.38. The van der Waals surface area contributed by atoms with Gasteiger partial charge in [-0.25, -0.2) is 0 Å². The maximum Gasteiger partial charge on any atom is 0.0857 e. The van der Waals surface area contributed by atoms with Gasteiger partial charge < -0.3 is 0 Å². The Balaban J connectivity index is 1.83. The number of rotatable bonds is 1. The fourth-order valence-electron chi connectivity index (χ4n) is 5.47. The summed E-state index contributed by atoms with van der Waals surface area (Å²) < 4.78 is 0. The highest BCUT2D eigenvalue weighted by atomic mass is 28.3. The second-order valence-corrected chi connectivity index (χ2v) is 19.5. The van der Waals surface area contributed by atoms with E-state index in [1.54, 1.807) is 26.9 Å². The predicted molar refractivity (Wildman–Crippen MR) is 137 cm³/mol. The second kappa shape index (κ2) is 7.07. The summed E-state index contributed by atoms with van der Waals surface area (Å²) in [5.41, 5.74) is 5.98. The summed E-state index contributed by atoms with van der Waals surface area (Å²) in [6.07, 6.45) is 0. The number of hydrogen-bond donors (Lipinski definition) is 0. The molecule has 0 bridgehead atoms. The highest BCUT2D eigenvalue weighted by molar-refractivity contribution is 6.95. The van der Waals surface area contributed by atoms with Crippen molar-refractivity contribution in [2.75, 3.05) is 0 Å². The van der Waals surface area contributed by atoms with Crippen molar-refractivity contribution in [3.8, 4) is 11.1 Å². The van der Waals surface area contributed by atoms with Gasteiger partial charge in [-0.15, -0.1) is 0 Å². The van der Waals surface area contributed by atoms with Gasteiger partial charge in [-0.3, -0.25) is 0 Å². The molecule has 5 rings (SSSR count). The molecule has 0 aromatic heterocycles. The molecule has 1 aliphatic heterocycles. The first-order valence-corrected chi connectivity index (χ1v) is 17.5. The van der Waals surface area contributed by atoms with E-state index in [1.807, 2.05) is 0 Å². The molecule has 0 amide bonds. The average molecular weight is 423 g/mol. The van der Waals surface area contributed by atoms with E-state index >= 15 is 0 Å². The van der Waals surface area contributed by atoms with E-state index in [4.69, 9.17) is 0 Å². The van der Waals surface area contributed by atoms with Crippen LogP contribution < -0.4 is 10.4 Å². The highest BCUT2D eigenvalue weighted by Gasteiger charge is 2.35. The molecule has 1 heterocycles. The normalized spacial score (nSPS) is 16.9. The Labute approximate surface area is 182 Å². The Hall–Kier alpha value is -2.43. The monoisotopic (exact) mass is 422 g/mol. The summed E-state index contributed by atoms with van der Waals surface area (Å²) in [6, 6.07) is 34.5. The van der Waals surface area contributed by atoms with Crippen LogP contribution in [0.5, 0.6) is 0 Å². The van der Waals surface area contributed by atoms with Crippen LogP contribution >= 0.6 is 0 Å². The summed E-state index contributed by atoms with van der Waals surface area (Å²) in [4.78, 5) is 0. The van der Waals surface area contributed by atoms with E-state index in [-0.39, 0.29) is 0 Å². The van der Waals surface area contributed by atoms with Crippen molar-refractivity contribution in [1.82, 2.24) is 0 Å². The van der Waals surface area contributed by atoms with Gasteiger partial charge in [-0.2, -0.15) is 0 Å². The quantitative estimate of drug-likeness (QED) is 0.320. The summed E-state index contributed by atoms with van der Waals surface area (Å²) in [5.74, 6) is 0. The Bertz CT molecular complexity index is 1230. The van der Waals surface area contributed by atoms with Gasteiger partial charge in [0.25, 0.3) is 0 Å². The van der Waals surface area contributed by atoms with E-state index in [2.05, 4.69) is 111 Å². The van der Waals surface area contributed by atoms with Gasteiger partial charge in [0, 0.05) is 0 Å².